The van der Waals surface area contributed by atoms with Crippen LogP contribution < -0.4 is 11.1 Å². The van der Waals surface area contributed by atoms with Gasteiger partial charge in [-0.2, -0.15) is 12.6 Å². The van der Waals surface area contributed by atoms with Gasteiger partial charge in [0, 0.05) is 17.1 Å². The molecule has 0 spiro atoms. The van der Waals surface area contributed by atoms with Crippen molar-refractivity contribution in [2.45, 2.75) is 5.25 Å². The lowest BCUT2D eigenvalue weighted by Crippen LogP contribution is -2.13. The highest BCUT2D eigenvalue weighted by Gasteiger charge is 2.14. The molecule has 0 aliphatic heterocycles. The number of para-hydroxylation sites is 3. The van der Waals surface area contributed by atoms with Crippen molar-refractivity contribution in [3.63, 3.8) is 0 Å². The predicted octanol–water partition coefficient (Wildman–Crippen LogP) is 5.09. The number of thiol groups is 1. The maximum atomic E-state index is 12.5. The first-order valence-corrected chi connectivity index (χ1v) is 9.42. The number of hydrogen-bond donors (Lipinski definition) is 3. The molecule has 138 valence electrons. The van der Waals surface area contributed by atoms with Gasteiger partial charge in [-0.05, 0) is 41.5 Å². The van der Waals surface area contributed by atoms with Crippen molar-refractivity contribution in [1.29, 1.82) is 0 Å². The molecule has 0 fully saturated rings. The molecule has 1 unspecified atom stereocenters. The van der Waals surface area contributed by atoms with Gasteiger partial charge in [0.1, 0.15) is 0 Å². The SMILES string of the molecule is Nc1ccccc1NC(=O)c1ccc(C(S)c2cccc3cccnc23)cc1. The summed E-state index contributed by atoms with van der Waals surface area (Å²) in [5.74, 6) is -0.202. The summed E-state index contributed by atoms with van der Waals surface area (Å²) in [6, 6.07) is 24.7. The Balaban J connectivity index is 1.57. The van der Waals surface area contributed by atoms with Crippen molar-refractivity contribution in [2.24, 2.45) is 0 Å². The van der Waals surface area contributed by atoms with Gasteiger partial charge in [0.2, 0.25) is 0 Å². The Hall–Kier alpha value is -3.31. The van der Waals surface area contributed by atoms with Gasteiger partial charge in [0.15, 0.2) is 0 Å². The minimum absolute atomic E-state index is 0.138. The van der Waals surface area contributed by atoms with E-state index < -0.39 is 0 Å². The number of rotatable bonds is 4. The van der Waals surface area contributed by atoms with E-state index in [4.69, 9.17) is 18.4 Å². The molecular formula is C23H19N3OS. The second-order valence-corrected chi connectivity index (χ2v) is 7.00. The van der Waals surface area contributed by atoms with E-state index in [0.717, 1.165) is 22.0 Å². The molecular weight excluding hydrogens is 366 g/mol. The molecule has 0 bridgehead atoms. The molecule has 1 atom stereocenters. The van der Waals surface area contributed by atoms with Crippen molar-refractivity contribution >= 4 is 40.8 Å². The molecule has 0 radical (unpaired) electrons. The van der Waals surface area contributed by atoms with Gasteiger partial charge in [-0.3, -0.25) is 9.78 Å². The third kappa shape index (κ3) is 3.57. The number of fused-ring (bicyclic) bond motifs is 1. The van der Waals surface area contributed by atoms with Crippen molar-refractivity contribution in [1.82, 2.24) is 4.98 Å². The van der Waals surface area contributed by atoms with Crippen LogP contribution in [0.15, 0.2) is 85.1 Å². The average Bonchev–Trinajstić information content (AvgIpc) is 2.74. The first kappa shape index (κ1) is 18.1. The molecule has 3 N–H and O–H groups in total. The van der Waals surface area contributed by atoms with E-state index in [1.807, 2.05) is 54.6 Å². The Morgan fingerprint density at radius 2 is 1.68 bits per heavy atom. The zero-order chi connectivity index (χ0) is 19.5. The zero-order valence-corrected chi connectivity index (χ0v) is 15.9. The molecule has 3 aromatic carbocycles. The third-order valence-corrected chi connectivity index (χ3v) is 5.23. The van der Waals surface area contributed by atoms with Crippen LogP contribution in [0.4, 0.5) is 11.4 Å². The largest absolute Gasteiger partial charge is 0.397 e. The minimum atomic E-state index is -0.202. The Morgan fingerprint density at radius 3 is 2.46 bits per heavy atom. The summed E-state index contributed by atoms with van der Waals surface area (Å²) in [7, 11) is 0. The number of benzene rings is 3. The molecule has 1 heterocycles. The Morgan fingerprint density at radius 1 is 0.929 bits per heavy atom. The molecule has 0 aliphatic carbocycles. The number of nitrogens with one attached hydrogen (secondary N) is 1. The summed E-state index contributed by atoms with van der Waals surface area (Å²) in [5.41, 5.74) is 10.6. The molecule has 0 saturated heterocycles. The quantitative estimate of drug-likeness (QED) is 0.339. The third-order valence-electron chi connectivity index (χ3n) is 4.66. The molecule has 4 rings (SSSR count). The topological polar surface area (TPSA) is 68.0 Å². The molecule has 0 saturated carbocycles. The van der Waals surface area contributed by atoms with Gasteiger partial charge < -0.3 is 11.1 Å². The lowest BCUT2D eigenvalue weighted by Gasteiger charge is -2.14. The summed E-state index contributed by atoms with van der Waals surface area (Å²) in [6.07, 6.45) is 1.79. The fraction of sp³-hybridized carbons (Fsp3) is 0.0435. The van der Waals surface area contributed by atoms with Gasteiger partial charge in [-0.15, -0.1) is 0 Å². The number of nitrogens with zero attached hydrogens (tertiary/aromatic N) is 1. The molecule has 1 amide bonds. The number of aromatic nitrogens is 1. The number of amides is 1. The normalized spacial score (nSPS) is 11.9. The number of anilines is 2. The average molecular weight is 385 g/mol. The number of hydrogen-bond acceptors (Lipinski definition) is 4. The molecule has 0 aliphatic rings. The summed E-state index contributed by atoms with van der Waals surface area (Å²) >= 11 is 4.81. The molecule has 4 aromatic rings. The van der Waals surface area contributed by atoms with E-state index in [0.29, 0.717) is 16.9 Å². The summed E-state index contributed by atoms with van der Waals surface area (Å²) in [5, 5.41) is 3.78. The van der Waals surface area contributed by atoms with E-state index in [9.17, 15) is 4.79 Å². The van der Waals surface area contributed by atoms with E-state index >= 15 is 0 Å². The Kier molecular flexibility index (Phi) is 5.00. The van der Waals surface area contributed by atoms with E-state index in [-0.39, 0.29) is 11.2 Å². The first-order valence-electron chi connectivity index (χ1n) is 8.91. The second kappa shape index (κ2) is 7.74. The Bertz CT molecular complexity index is 1140. The van der Waals surface area contributed by atoms with Gasteiger partial charge in [0.25, 0.3) is 5.91 Å². The van der Waals surface area contributed by atoms with Crippen molar-refractivity contribution < 1.29 is 4.79 Å². The van der Waals surface area contributed by atoms with E-state index in [1.54, 1.807) is 30.5 Å². The summed E-state index contributed by atoms with van der Waals surface area (Å²) in [6.45, 7) is 0. The molecule has 4 nitrogen and oxygen atoms in total. The lowest BCUT2D eigenvalue weighted by atomic mass is 10.00. The standard InChI is InChI=1S/C23H19N3OS/c24-19-8-1-2-9-20(19)26-23(27)17-12-10-16(11-13-17)22(28)18-7-3-5-15-6-4-14-25-21(15)18/h1-14,22,28H,24H2,(H,26,27). The minimum Gasteiger partial charge on any atom is -0.397 e. The van der Waals surface area contributed by atoms with Gasteiger partial charge in [0.05, 0.1) is 22.1 Å². The maximum Gasteiger partial charge on any atom is 0.255 e. The Labute approximate surface area is 168 Å². The fourth-order valence-corrected chi connectivity index (χ4v) is 3.53. The number of carbonyl (C=O) groups excluding carboxylic acids is 1. The van der Waals surface area contributed by atoms with E-state index in [1.165, 1.54) is 0 Å². The van der Waals surface area contributed by atoms with Crippen LogP contribution >= 0.6 is 12.6 Å². The van der Waals surface area contributed by atoms with Crippen LogP contribution in [-0.2, 0) is 0 Å². The first-order chi connectivity index (χ1) is 13.6. The van der Waals surface area contributed by atoms with Crippen molar-refractivity contribution in [3.05, 3.63) is 102 Å². The highest BCUT2D eigenvalue weighted by molar-refractivity contribution is 7.80. The van der Waals surface area contributed by atoms with E-state index in [2.05, 4.69) is 10.3 Å². The highest BCUT2D eigenvalue weighted by atomic mass is 32.1. The predicted molar refractivity (Wildman–Crippen MR) is 118 cm³/mol. The van der Waals surface area contributed by atoms with Crippen LogP contribution in [0, 0.1) is 0 Å². The number of carbonyl (C=O) groups is 1. The monoisotopic (exact) mass is 385 g/mol. The van der Waals surface area contributed by atoms with Crippen LogP contribution in [0.25, 0.3) is 10.9 Å². The second-order valence-electron chi connectivity index (χ2n) is 6.49. The highest BCUT2D eigenvalue weighted by Crippen LogP contribution is 2.32. The maximum absolute atomic E-state index is 12.5. The van der Waals surface area contributed by atoms with Crippen LogP contribution in [0.3, 0.4) is 0 Å². The summed E-state index contributed by atoms with van der Waals surface area (Å²) < 4.78 is 0. The number of nitrogen functional groups attached to an aromatic ring is 1. The summed E-state index contributed by atoms with van der Waals surface area (Å²) in [4.78, 5) is 17.0. The van der Waals surface area contributed by atoms with Gasteiger partial charge in [-0.25, -0.2) is 0 Å². The van der Waals surface area contributed by atoms with Gasteiger partial charge in [-0.1, -0.05) is 48.5 Å². The number of pyridine rings is 1. The van der Waals surface area contributed by atoms with Crippen molar-refractivity contribution in [3.8, 4) is 0 Å². The molecule has 28 heavy (non-hydrogen) atoms. The lowest BCUT2D eigenvalue weighted by molar-refractivity contribution is 0.102. The van der Waals surface area contributed by atoms with Crippen LogP contribution in [0.1, 0.15) is 26.7 Å². The molecule has 1 aromatic heterocycles. The van der Waals surface area contributed by atoms with Crippen molar-refractivity contribution in [2.75, 3.05) is 11.1 Å². The van der Waals surface area contributed by atoms with Gasteiger partial charge >= 0.3 is 0 Å². The van der Waals surface area contributed by atoms with Crippen LogP contribution in [-0.4, -0.2) is 10.9 Å². The van der Waals surface area contributed by atoms with Crippen LogP contribution in [0.2, 0.25) is 0 Å². The zero-order valence-electron chi connectivity index (χ0n) is 15.0. The molecule has 5 heteroatoms. The fourth-order valence-electron chi connectivity index (χ4n) is 3.15. The van der Waals surface area contributed by atoms with Crippen LogP contribution in [0.5, 0.6) is 0 Å². The smallest absolute Gasteiger partial charge is 0.255 e. The number of nitrogens with two attached hydrogens (primary N) is 1.